The predicted molar refractivity (Wildman–Crippen MR) is 134 cm³/mol. The molecule has 2 atom stereocenters. The molecule has 0 bridgehead atoms. The van der Waals surface area contributed by atoms with Crippen molar-refractivity contribution in [1.29, 1.82) is 0 Å². The predicted octanol–water partition coefficient (Wildman–Crippen LogP) is 3.12. The first kappa shape index (κ1) is 28.0. The SMILES string of the molecule is CC(C)CNC(=O)[C@@H](Cc1ccccc1)ONC(=O)[C@@H](Cc1ccccc1)ONC(=O)C(C)(C)C. The van der Waals surface area contributed by atoms with Crippen LogP contribution in [0.25, 0.3) is 0 Å². The molecule has 190 valence electrons. The maximum absolute atomic E-state index is 13.0. The smallest absolute Gasteiger partial charge is 0.275 e. The van der Waals surface area contributed by atoms with E-state index in [2.05, 4.69) is 16.3 Å². The highest BCUT2D eigenvalue weighted by Gasteiger charge is 2.28. The summed E-state index contributed by atoms with van der Waals surface area (Å²) in [5.74, 6) is -1.04. The summed E-state index contributed by atoms with van der Waals surface area (Å²) >= 11 is 0. The third-order valence-electron chi connectivity index (χ3n) is 5.07. The van der Waals surface area contributed by atoms with Gasteiger partial charge in [-0.25, -0.2) is 11.0 Å². The first-order valence-corrected chi connectivity index (χ1v) is 11.8. The second kappa shape index (κ2) is 13.6. The molecule has 8 nitrogen and oxygen atoms in total. The van der Waals surface area contributed by atoms with Gasteiger partial charge in [-0.15, -0.1) is 0 Å². The van der Waals surface area contributed by atoms with E-state index in [9.17, 15) is 14.4 Å². The number of carbonyl (C=O) groups is 3. The first-order chi connectivity index (χ1) is 16.6. The number of hydrogen-bond acceptors (Lipinski definition) is 5. The van der Waals surface area contributed by atoms with Crippen molar-refractivity contribution in [3.05, 3.63) is 71.8 Å². The lowest BCUT2D eigenvalue weighted by molar-refractivity contribution is -0.164. The van der Waals surface area contributed by atoms with Crippen LogP contribution in [0.4, 0.5) is 0 Å². The minimum absolute atomic E-state index is 0.198. The number of rotatable bonds is 12. The number of hydroxylamine groups is 2. The van der Waals surface area contributed by atoms with E-state index in [1.807, 2.05) is 74.5 Å². The molecule has 0 aliphatic carbocycles. The van der Waals surface area contributed by atoms with Crippen molar-refractivity contribution in [2.45, 2.75) is 59.7 Å². The summed E-state index contributed by atoms with van der Waals surface area (Å²) in [5.41, 5.74) is 5.79. The monoisotopic (exact) mass is 483 g/mol. The molecule has 0 spiro atoms. The van der Waals surface area contributed by atoms with Gasteiger partial charge in [0, 0.05) is 24.8 Å². The van der Waals surface area contributed by atoms with Crippen LogP contribution in [0.2, 0.25) is 0 Å². The van der Waals surface area contributed by atoms with Gasteiger partial charge < -0.3 is 5.32 Å². The van der Waals surface area contributed by atoms with Gasteiger partial charge in [-0.1, -0.05) is 95.3 Å². The Labute approximate surface area is 207 Å². The van der Waals surface area contributed by atoms with Crippen molar-refractivity contribution in [3.63, 3.8) is 0 Å². The van der Waals surface area contributed by atoms with Crippen LogP contribution in [0, 0.1) is 11.3 Å². The molecule has 0 aromatic heterocycles. The summed E-state index contributed by atoms with van der Waals surface area (Å²) in [6, 6.07) is 18.7. The Kier molecular flexibility index (Phi) is 10.9. The van der Waals surface area contributed by atoms with Gasteiger partial charge in [0.05, 0.1) is 0 Å². The first-order valence-electron chi connectivity index (χ1n) is 11.8. The van der Waals surface area contributed by atoms with Crippen LogP contribution >= 0.6 is 0 Å². The number of benzene rings is 2. The normalized spacial score (nSPS) is 13.1. The van der Waals surface area contributed by atoms with Gasteiger partial charge in [-0.2, -0.15) is 0 Å². The van der Waals surface area contributed by atoms with E-state index >= 15 is 0 Å². The van der Waals surface area contributed by atoms with E-state index in [-0.39, 0.29) is 30.6 Å². The number of nitrogens with one attached hydrogen (secondary N) is 3. The Morgan fingerprint density at radius 2 is 1.20 bits per heavy atom. The summed E-state index contributed by atoms with van der Waals surface area (Å²) in [5, 5.41) is 2.85. The Hall–Kier alpha value is -3.23. The van der Waals surface area contributed by atoms with Crippen LogP contribution in [0.15, 0.2) is 60.7 Å². The second-order valence-corrected chi connectivity index (χ2v) is 9.88. The molecule has 35 heavy (non-hydrogen) atoms. The van der Waals surface area contributed by atoms with E-state index in [0.29, 0.717) is 6.54 Å². The summed E-state index contributed by atoms with van der Waals surface area (Å²) < 4.78 is 0. The Bertz CT molecular complexity index is 942. The van der Waals surface area contributed by atoms with E-state index < -0.39 is 23.5 Å². The van der Waals surface area contributed by atoms with Crippen molar-refractivity contribution in [3.8, 4) is 0 Å². The van der Waals surface area contributed by atoms with Crippen LogP contribution < -0.4 is 16.3 Å². The molecule has 2 rings (SSSR count). The van der Waals surface area contributed by atoms with Crippen molar-refractivity contribution < 1.29 is 24.1 Å². The van der Waals surface area contributed by atoms with E-state index in [0.717, 1.165) is 11.1 Å². The molecule has 3 amide bonds. The maximum atomic E-state index is 13.0. The summed E-state index contributed by atoms with van der Waals surface area (Å²) in [6.07, 6.45) is -1.54. The average Bonchev–Trinajstić information content (AvgIpc) is 2.83. The van der Waals surface area contributed by atoms with Gasteiger partial charge >= 0.3 is 0 Å². The quantitative estimate of drug-likeness (QED) is 0.402. The lowest BCUT2D eigenvalue weighted by Gasteiger charge is -2.23. The Balaban J connectivity index is 2.10. The third kappa shape index (κ3) is 10.3. The summed E-state index contributed by atoms with van der Waals surface area (Å²) in [4.78, 5) is 49.1. The average molecular weight is 484 g/mol. The van der Waals surface area contributed by atoms with Gasteiger partial charge in [0.15, 0.2) is 12.2 Å². The molecule has 0 aliphatic heterocycles. The fourth-order valence-corrected chi connectivity index (χ4v) is 2.92. The number of carbonyl (C=O) groups excluding carboxylic acids is 3. The van der Waals surface area contributed by atoms with Gasteiger partial charge in [0.2, 0.25) is 5.91 Å². The molecule has 0 radical (unpaired) electrons. The zero-order chi connectivity index (χ0) is 25.8. The van der Waals surface area contributed by atoms with E-state index in [1.165, 1.54) is 0 Å². The maximum Gasteiger partial charge on any atom is 0.275 e. The standard InChI is InChI=1S/C27H37N3O5/c1-19(2)18-28-24(31)22(16-20-12-8-6-9-13-20)34-29-25(32)23(17-21-14-10-7-11-15-21)35-30-26(33)27(3,4)5/h6-15,19,22-23H,16-18H2,1-5H3,(H,28,31)(H,29,32)(H,30,33)/t22-,23-/m1/s1. The largest absolute Gasteiger partial charge is 0.353 e. The molecule has 2 aromatic carbocycles. The molecule has 3 N–H and O–H groups in total. The molecule has 2 aromatic rings. The summed E-state index contributed by atoms with van der Waals surface area (Å²) in [7, 11) is 0. The Morgan fingerprint density at radius 1 is 0.743 bits per heavy atom. The van der Waals surface area contributed by atoms with Gasteiger partial charge in [0.1, 0.15) is 0 Å². The van der Waals surface area contributed by atoms with Crippen LogP contribution in [-0.4, -0.2) is 36.5 Å². The fourth-order valence-electron chi connectivity index (χ4n) is 2.92. The lowest BCUT2D eigenvalue weighted by atomic mass is 9.96. The lowest BCUT2D eigenvalue weighted by Crippen LogP contribution is -2.48. The zero-order valence-corrected chi connectivity index (χ0v) is 21.2. The van der Waals surface area contributed by atoms with Crippen LogP contribution in [0.1, 0.15) is 45.7 Å². The van der Waals surface area contributed by atoms with Gasteiger partial charge in [-0.3, -0.25) is 24.1 Å². The molecule has 0 fully saturated rings. The van der Waals surface area contributed by atoms with Crippen LogP contribution in [0.3, 0.4) is 0 Å². The fraction of sp³-hybridized carbons (Fsp3) is 0.444. The molecule has 0 aliphatic rings. The number of amides is 3. The number of hydrogen-bond donors (Lipinski definition) is 3. The minimum atomic E-state index is -1.07. The molecule has 0 saturated heterocycles. The van der Waals surface area contributed by atoms with Crippen molar-refractivity contribution >= 4 is 17.7 Å². The highest BCUT2D eigenvalue weighted by Crippen LogP contribution is 2.14. The van der Waals surface area contributed by atoms with Crippen molar-refractivity contribution in [2.24, 2.45) is 11.3 Å². The highest BCUT2D eigenvalue weighted by atomic mass is 16.7. The molecule has 8 heteroatoms. The van der Waals surface area contributed by atoms with E-state index in [1.54, 1.807) is 20.8 Å². The van der Waals surface area contributed by atoms with Gasteiger partial charge in [0.25, 0.3) is 11.8 Å². The Morgan fingerprint density at radius 3 is 1.66 bits per heavy atom. The minimum Gasteiger partial charge on any atom is -0.353 e. The highest BCUT2D eigenvalue weighted by molar-refractivity contribution is 5.83. The van der Waals surface area contributed by atoms with Crippen LogP contribution in [0.5, 0.6) is 0 Å². The molecular formula is C27H37N3O5. The molecular weight excluding hydrogens is 446 g/mol. The third-order valence-corrected chi connectivity index (χ3v) is 5.07. The van der Waals surface area contributed by atoms with Crippen molar-refractivity contribution in [2.75, 3.05) is 6.54 Å². The van der Waals surface area contributed by atoms with E-state index in [4.69, 9.17) is 9.68 Å². The van der Waals surface area contributed by atoms with Gasteiger partial charge in [-0.05, 0) is 17.0 Å². The molecule has 0 saturated carbocycles. The van der Waals surface area contributed by atoms with Crippen LogP contribution in [-0.2, 0) is 36.9 Å². The summed E-state index contributed by atoms with van der Waals surface area (Å²) in [6.45, 7) is 9.69. The molecule has 0 heterocycles. The molecule has 0 unspecified atom stereocenters. The second-order valence-electron chi connectivity index (χ2n) is 9.88. The van der Waals surface area contributed by atoms with Crippen molar-refractivity contribution in [1.82, 2.24) is 16.3 Å². The zero-order valence-electron chi connectivity index (χ0n) is 21.2. The topological polar surface area (TPSA) is 106 Å².